The summed E-state index contributed by atoms with van der Waals surface area (Å²) in [5.41, 5.74) is 1.05. The number of nitrogens with zero attached hydrogens (tertiary/aromatic N) is 2. The van der Waals surface area contributed by atoms with Gasteiger partial charge in [0.1, 0.15) is 0 Å². The lowest BCUT2D eigenvalue weighted by atomic mass is 10.2. The van der Waals surface area contributed by atoms with Gasteiger partial charge in [-0.1, -0.05) is 0 Å². The summed E-state index contributed by atoms with van der Waals surface area (Å²) in [6.07, 6.45) is 1.51. The summed E-state index contributed by atoms with van der Waals surface area (Å²) in [6.45, 7) is 5.74. The summed E-state index contributed by atoms with van der Waals surface area (Å²) in [5.74, 6) is 0.184. The normalized spacial score (nSPS) is 15.2. The maximum absolute atomic E-state index is 11.5. The second kappa shape index (κ2) is 5.09. The van der Waals surface area contributed by atoms with Gasteiger partial charge in [0, 0.05) is 19.3 Å². The van der Waals surface area contributed by atoms with Crippen molar-refractivity contribution < 1.29 is 9.53 Å². The topological polar surface area (TPSA) is 76.1 Å². The van der Waals surface area contributed by atoms with E-state index in [1.54, 1.807) is 13.8 Å². The predicted molar refractivity (Wildman–Crippen MR) is 63.0 cm³/mol. The number of anilines is 1. The molecular weight excluding hydrogens is 220 g/mol. The Hall–Kier alpha value is -1.69. The van der Waals surface area contributed by atoms with E-state index in [-0.39, 0.29) is 5.97 Å². The summed E-state index contributed by atoms with van der Waals surface area (Å²) in [5, 5.41) is 6.33. The minimum Gasteiger partial charge on any atom is -0.462 e. The van der Waals surface area contributed by atoms with Crippen LogP contribution in [0.1, 0.15) is 23.0 Å². The molecule has 2 heterocycles. The van der Waals surface area contributed by atoms with E-state index in [0.717, 1.165) is 13.1 Å². The molecule has 0 bridgehead atoms. The Morgan fingerprint density at radius 1 is 1.65 bits per heavy atom. The number of hydrogen-bond acceptors (Lipinski definition) is 6. The molecule has 0 aliphatic carbocycles. The van der Waals surface area contributed by atoms with Crippen LogP contribution >= 0.6 is 0 Å². The summed E-state index contributed by atoms with van der Waals surface area (Å²) < 4.78 is 4.91. The molecule has 0 radical (unpaired) electrons. The number of esters is 1. The van der Waals surface area contributed by atoms with Crippen LogP contribution in [0.3, 0.4) is 0 Å². The lowest BCUT2D eigenvalue weighted by molar-refractivity contribution is 0.0524. The van der Waals surface area contributed by atoms with Gasteiger partial charge in [0.15, 0.2) is 0 Å². The van der Waals surface area contributed by atoms with Gasteiger partial charge in [-0.15, -0.1) is 0 Å². The van der Waals surface area contributed by atoms with Crippen LogP contribution in [-0.2, 0) is 4.74 Å². The summed E-state index contributed by atoms with van der Waals surface area (Å²) in [6, 6.07) is 0.378. The van der Waals surface area contributed by atoms with Gasteiger partial charge in [0.25, 0.3) is 0 Å². The molecule has 1 aromatic heterocycles. The number of carbonyl (C=O) groups is 1. The van der Waals surface area contributed by atoms with Crippen LogP contribution < -0.4 is 10.6 Å². The van der Waals surface area contributed by atoms with Gasteiger partial charge in [-0.2, -0.15) is 0 Å². The van der Waals surface area contributed by atoms with Gasteiger partial charge in [-0.05, 0) is 13.8 Å². The van der Waals surface area contributed by atoms with E-state index in [4.69, 9.17) is 4.74 Å². The van der Waals surface area contributed by atoms with Crippen molar-refractivity contribution in [3.63, 3.8) is 0 Å². The molecule has 0 aromatic carbocycles. The SMILES string of the molecule is CCOC(=O)c1cnc(NC2CNC2)nc1C. The number of ether oxygens (including phenoxy) is 1. The van der Waals surface area contributed by atoms with Gasteiger partial charge in [-0.3, -0.25) is 0 Å². The average Bonchev–Trinajstić information content (AvgIpc) is 2.24. The molecule has 0 atom stereocenters. The molecule has 1 saturated heterocycles. The zero-order chi connectivity index (χ0) is 12.3. The van der Waals surface area contributed by atoms with Gasteiger partial charge < -0.3 is 15.4 Å². The first-order valence-corrected chi connectivity index (χ1v) is 5.68. The molecule has 1 fully saturated rings. The summed E-state index contributed by atoms with van der Waals surface area (Å²) in [4.78, 5) is 19.9. The van der Waals surface area contributed by atoms with Crippen molar-refractivity contribution in [2.45, 2.75) is 19.9 Å². The van der Waals surface area contributed by atoms with Gasteiger partial charge in [0.05, 0.1) is 23.9 Å². The maximum atomic E-state index is 11.5. The number of nitrogens with one attached hydrogen (secondary N) is 2. The van der Waals surface area contributed by atoms with Crippen LogP contribution in [0.2, 0.25) is 0 Å². The fourth-order valence-corrected chi connectivity index (χ4v) is 1.52. The number of carbonyl (C=O) groups excluding carboxylic acids is 1. The van der Waals surface area contributed by atoms with Crippen LogP contribution in [-0.4, -0.2) is 41.7 Å². The van der Waals surface area contributed by atoms with Crippen molar-refractivity contribution in [3.8, 4) is 0 Å². The third-order valence-corrected chi connectivity index (χ3v) is 2.59. The van der Waals surface area contributed by atoms with Crippen LogP contribution in [0, 0.1) is 6.92 Å². The largest absolute Gasteiger partial charge is 0.462 e. The summed E-state index contributed by atoms with van der Waals surface area (Å²) in [7, 11) is 0. The first kappa shape index (κ1) is 11.8. The Morgan fingerprint density at radius 3 is 2.94 bits per heavy atom. The van der Waals surface area contributed by atoms with E-state index >= 15 is 0 Å². The van der Waals surface area contributed by atoms with E-state index < -0.39 is 0 Å². The number of hydrogen-bond donors (Lipinski definition) is 2. The number of rotatable bonds is 4. The monoisotopic (exact) mass is 236 g/mol. The molecule has 0 amide bonds. The molecule has 92 valence electrons. The summed E-state index contributed by atoms with van der Waals surface area (Å²) >= 11 is 0. The molecule has 1 aliphatic rings. The Labute approximate surface area is 99.8 Å². The van der Waals surface area contributed by atoms with E-state index in [9.17, 15) is 4.79 Å². The first-order chi connectivity index (χ1) is 8.20. The average molecular weight is 236 g/mol. The zero-order valence-electron chi connectivity index (χ0n) is 9.99. The van der Waals surface area contributed by atoms with Crippen molar-refractivity contribution in [2.75, 3.05) is 25.0 Å². The molecule has 0 spiro atoms. The Bertz CT molecular complexity index is 418. The Morgan fingerprint density at radius 2 is 2.41 bits per heavy atom. The van der Waals surface area contributed by atoms with Gasteiger partial charge in [-0.25, -0.2) is 14.8 Å². The molecule has 0 unspecified atom stereocenters. The van der Waals surface area contributed by atoms with Crippen molar-refractivity contribution in [3.05, 3.63) is 17.5 Å². The van der Waals surface area contributed by atoms with Crippen molar-refractivity contribution in [2.24, 2.45) is 0 Å². The molecule has 0 saturated carbocycles. The highest BCUT2D eigenvalue weighted by Crippen LogP contribution is 2.10. The highest BCUT2D eigenvalue weighted by molar-refractivity contribution is 5.90. The number of aromatic nitrogens is 2. The lowest BCUT2D eigenvalue weighted by Crippen LogP contribution is -2.51. The molecule has 2 rings (SSSR count). The van der Waals surface area contributed by atoms with Crippen LogP contribution in [0.15, 0.2) is 6.20 Å². The predicted octanol–water partition coefficient (Wildman–Crippen LogP) is 0.345. The second-order valence-electron chi connectivity index (χ2n) is 3.91. The fourth-order valence-electron chi connectivity index (χ4n) is 1.52. The second-order valence-corrected chi connectivity index (χ2v) is 3.91. The fraction of sp³-hybridized carbons (Fsp3) is 0.545. The maximum Gasteiger partial charge on any atom is 0.341 e. The van der Waals surface area contributed by atoms with E-state index in [2.05, 4.69) is 20.6 Å². The van der Waals surface area contributed by atoms with Crippen LogP contribution in [0.5, 0.6) is 0 Å². The smallest absolute Gasteiger partial charge is 0.341 e. The standard InChI is InChI=1S/C11H16N4O2/c1-3-17-10(16)9-6-13-11(14-7(9)2)15-8-4-12-5-8/h6,8,12H,3-5H2,1-2H3,(H,13,14,15). The molecule has 2 N–H and O–H groups in total. The third kappa shape index (κ3) is 2.71. The molecule has 6 nitrogen and oxygen atoms in total. The molecule has 1 aromatic rings. The molecule has 17 heavy (non-hydrogen) atoms. The highest BCUT2D eigenvalue weighted by Gasteiger charge is 2.18. The first-order valence-electron chi connectivity index (χ1n) is 5.68. The highest BCUT2D eigenvalue weighted by atomic mass is 16.5. The van der Waals surface area contributed by atoms with E-state index in [1.807, 2.05) is 0 Å². The van der Waals surface area contributed by atoms with Crippen LogP contribution in [0.25, 0.3) is 0 Å². The zero-order valence-corrected chi connectivity index (χ0v) is 9.99. The Kier molecular flexibility index (Phi) is 3.53. The van der Waals surface area contributed by atoms with Gasteiger partial charge >= 0.3 is 5.97 Å². The quantitative estimate of drug-likeness (QED) is 0.734. The Balaban J connectivity index is 2.07. The van der Waals surface area contributed by atoms with E-state index in [1.165, 1.54) is 6.20 Å². The molecular formula is C11H16N4O2. The third-order valence-electron chi connectivity index (χ3n) is 2.59. The number of aryl methyl sites for hydroxylation is 1. The van der Waals surface area contributed by atoms with Crippen molar-refractivity contribution in [1.82, 2.24) is 15.3 Å². The lowest BCUT2D eigenvalue weighted by Gasteiger charge is -2.27. The van der Waals surface area contributed by atoms with Crippen LogP contribution in [0.4, 0.5) is 5.95 Å². The van der Waals surface area contributed by atoms with Gasteiger partial charge in [0.2, 0.25) is 5.95 Å². The molecule has 1 aliphatic heterocycles. The van der Waals surface area contributed by atoms with Crippen molar-refractivity contribution in [1.29, 1.82) is 0 Å². The minimum absolute atomic E-state index is 0.353. The minimum atomic E-state index is -0.373. The molecule has 6 heteroatoms. The van der Waals surface area contributed by atoms with Crippen molar-refractivity contribution >= 4 is 11.9 Å². The van der Waals surface area contributed by atoms with E-state index in [0.29, 0.717) is 29.9 Å².